The van der Waals surface area contributed by atoms with E-state index in [0.29, 0.717) is 22.6 Å². The van der Waals surface area contributed by atoms with Crippen molar-refractivity contribution in [3.8, 4) is 22.9 Å². The summed E-state index contributed by atoms with van der Waals surface area (Å²) in [5.74, 6) is 1.47. The third kappa shape index (κ3) is 3.80. The average molecular weight is 378 g/mol. The maximum Gasteiger partial charge on any atom is 0.251 e. The molecule has 0 saturated heterocycles. The molecule has 3 aromatic heterocycles. The highest BCUT2D eigenvalue weighted by atomic mass is 35.5. The molecule has 0 aliphatic heterocycles. The lowest BCUT2D eigenvalue weighted by Gasteiger charge is -2.15. The van der Waals surface area contributed by atoms with Crippen molar-refractivity contribution >= 4 is 17.4 Å². The zero-order valence-corrected chi connectivity index (χ0v) is 15.3. The second-order valence-electron chi connectivity index (χ2n) is 5.94. The second kappa shape index (κ2) is 7.55. The molecule has 0 unspecified atom stereocenters. The molecule has 0 saturated carbocycles. The molecular formula is C20H16ClN5O. The number of rotatable bonds is 5. The standard InChI is InChI=1S/C20H16ClN5O/c1-13(17-6-2-3-11-22-17)24-18-16(5-4-12-23-18)20-26-25-19(27-20)14-7-9-15(21)10-8-14/h2-13H,1H3,(H,23,24)/t13-/m0/s1. The van der Waals surface area contributed by atoms with Crippen molar-refractivity contribution in [3.05, 3.63) is 77.7 Å². The number of nitrogens with one attached hydrogen (secondary N) is 1. The van der Waals surface area contributed by atoms with E-state index >= 15 is 0 Å². The lowest BCUT2D eigenvalue weighted by molar-refractivity contribution is 0.584. The molecule has 0 bridgehead atoms. The number of aromatic nitrogens is 4. The largest absolute Gasteiger partial charge is 0.416 e. The molecule has 4 rings (SSSR count). The van der Waals surface area contributed by atoms with Gasteiger partial charge in [0.1, 0.15) is 5.82 Å². The van der Waals surface area contributed by atoms with Crippen LogP contribution in [0.5, 0.6) is 0 Å². The van der Waals surface area contributed by atoms with Crippen molar-refractivity contribution in [1.82, 2.24) is 20.2 Å². The first-order valence-corrected chi connectivity index (χ1v) is 8.81. The summed E-state index contributed by atoms with van der Waals surface area (Å²) in [5, 5.41) is 12.3. The molecule has 0 amide bonds. The van der Waals surface area contributed by atoms with Crippen molar-refractivity contribution in [3.63, 3.8) is 0 Å². The Labute approximate surface area is 161 Å². The van der Waals surface area contributed by atoms with Gasteiger partial charge in [-0.3, -0.25) is 4.98 Å². The fourth-order valence-corrected chi connectivity index (χ4v) is 2.77. The molecule has 4 aromatic rings. The minimum absolute atomic E-state index is 0.0292. The summed E-state index contributed by atoms with van der Waals surface area (Å²) in [6, 6.07) is 16.7. The van der Waals surface area contributed by atoms with E-state index in [9.17, 15) is 0 Å². The van der Waals surface area contributed by atoms with Crippen LogP contribution in [0.15, 0.2) is 71.4 Å². The zero-order chi connectivity index (χ0) is 18.6. The molecule has 0 aliphatic rings. The number of benzene rings is 1. The van der Waals surface area contributed by atoms with E-state index in [-0.39, 0.29) is 6.04 Å². The van der Waals surface area contributed by atoms with Gasteiger partial charge >= 0.3 is 0 Å². The Morgan fingerprint density at radius 1 is 0.889 bits per heavy atom. The third-order valence-electron chi connectivity index (χ3n) is 4.04. The van der Waals surface area contributed by atoms with Crippen molar-refractivity contribution < 1.29 is 4.42 Å². The predicted molar refractivity (Wildman–Crippen MR) is 104 cm³/mol. The number of hydrogen-bond acceptors (Lipinski definition) is 6. The quantitative estimate of drug-likeness (QED) is 0.526. The minimum atomic E-state index is -0.0292. The molecule has 0 radical (unpaired) electrons. The molecular weight excluding hydrogens is 362 g/mol. The first-order valence-electron chi connectivity index (χ1n) is 8.43. The van der Waals surface area contributed by atoms with Crippen LogP contribution in [-0.2, 0) is 0 Å². The highest BCUT2D eigenvalue weighted by Gasteiger charge is 2.16. The van der Waals surface area contributed by atoms with Gasteiger partial charge in [-0.2, -0.15) is 0 Å². The Hall–Kier alpha value is -3.25. The summed E-state index contributed by atoms with van der Waals surface area (Å²) in [6.07, 6.45) is 3.48. The second-order valence-corrected chi connectivity index (χ2v) is 6.38. The van der Waals surface area contributed by atoms with Gasteiger partial charge in [-0.1, -0.05) is 17.7 Å². The van der Waals surface area contributed by atoms with Crippen molar-refractivity contribution in [1.29, 1.82) is 0 Å². The Balaban J connectivity index is 1.62. The SMILES string of the molecule is C[C@H](Nc1ncccc1-c1nnc(-c2ccc(Cl)cc2)o1)c1ccccn1. The Kier molecular flexibility index (Phi) is 4.80. The maximum absolute atomic E-state index is 5.93. The lowest BCUT2D eigenvalue weighted by atomic mass is 10.2. The summed E-state index contributed by atoms with van der Waals surface area (Å²) >= 11 is 5.93. The summed E-state index contributed by atoms with van der Waals surface area (Å²) in [4.78, 5) is 8.81. The molecule has 27 heavy (non-hydrogen) atoms. The molecule has 1 aromatic carbocycles. The van der Waals surface area contributed by atoms with Gasteiger partial charge in [-0.15, -0.1) is 10.2 Å². The van der Waals surface area contributed by atoms with Crippen LogP contribution in [0.1, 0.15) is 18.7 Å². The van der Waals surface area contributed by atoms with Crippen LogP contribution >= 0.6 is 11.6 Å². The lowest BCUT2D eigenvalue weighted by Crippen LogP contribution is -2.10. The van der Waals surface area contributed by atoms with Crippen LogP contribution in [0.4, 0.5) is 5.82 Å². The van der Waals surface area contributed by atoms with E-state index in [1.807, 2.05) is 49.4 Å². The smallest absolute Gasteiger partial charge is 0.251 e. The summed E-state index contributed by atoms with van der Waals surface area (Å²) in [7, 11) is 0. The number of pyridine rings is 2. The third-order valence-corrected chi connectivity index (χ3v) is 4.29. The van der Waals surface area contributed by atoms with E-state index < -0.39 is 0 Å². The predicted octanol–water partition coefficient (Wildman–Crippen LogP) is 5.02. The van der Waals surface area contributed by atoms with Crippen molar-refractivity contribution in [2.75, 3.05) is 5.32 Å². The fraction of sp³-hybridized carbons (Fsp3) is 0.100. The van der Waals surface area contributed by atoms with Crippen LogP contribution in [0, 0.1) is 0 Å². The average Bonchev–Trinajstić information content (AvgIpc) is 3.19. The van der Waals surface area contributed by atoms with Gasteiger partial charge in [0, 0.05) is 23.0 Å². The molecule has 6 nitrogen and oxygen atoms in total. The van der Waals surface area contributed by atoms with Crippen molar-refractivity contribution in [2.45, 2.75) is 13.0 Å². The van der Waals surface area contributed by atoms with E-state index in [2.05, 4.69) is 25.5 Å². The Morgan fingerprint density at radius 2 is 1.67 bits per heavy atom. The number of anilines is 1. The molecule has 0 spiro atoms. The van der Waals surface area contributed by atoms with Crippen LogP contribution < -0.4 is 5.32 Å². The fourth-order valence-electron chi connectivity index (χ4n) is 2.65. The minimum Gasteiger partial charge on any atom is -0.416 e. The van der Waals surface area contributed by atoms with Gasteiger partial charge in [0.05, 0.1) is 17.3 Å². The first-order chi connectivity index (χ1) is 13.2. The van der Waals surface area contributed by atoms with Gasteiger partial charge in [0.2, 0.25) is 5.89 Å². The van der Waals surface area contributed by atoms with Gasteiger partial charge in [-0.05, 0) is 55.5 Å². The van der Waals surface area contributed by atoms with Gasteiger partial charge in [0.25, 0.3) is 5.89 Å². The summed E-state index contributed by atoms with van der Waals surface area (Å²) < 4.78 is 5.86. The van der Waals surface area contributed by atoms with Crippen LogP contribution in [0.25, 0.3) is 22.9 Å². The highest BCUT2D eigenvalue weighted by Crippen LogP contribution is 2.30. The van der Waals surface area contributed by atoms with E-state index in [1.54, 1.807) is 24.5 Å². The summed E-state index contributed by atoms with van der Waals surface area (Å²) in [6.45, 7) is 2.02. The normalized spacial score (nSPS) is 11.9. The molecule has 0 fully saturated rings. The monoisotopic (exact) mass is 377 g/mol. The first kappa shape index (κ1) is 17.2. The van der Waals surface area contributed by atoms with Crippen LogP contribution in [0.2, 0.25) is 5.02 Å². The molecule has 3 heterocycles. The van der Waals surface area contributed by atoms with Crippen LogP contribution in [0.3, 0.4) is 0 Å². The van der Waals surface area contributed by atoms with Crippen LogP contribution in [-0.4, -0.2) is 20.2 Å². The van der Waals surface area contributed by atoms with Gasteiger partial charge < -0.3 is 9.73 Å². The van der Waals surface area contributed by atoms with Gasteiger partial charge in [0.15, 0.2) is 0 Å². The topological polar surface area (TPSA) is 76.7 Å². The van der Waals surface area contributed by atoms with E-state index in [0.717, 1.165) is 16.8 Å². The maximum atomic E-state index is 5.93. The van der Waals surface area contributed by atoms with E-state index in [1.165, 1.54) is 0 Å². The Bertz CT molecular complexity index is 1030. The molecule has 1 N–H and O–H groups in total. The molecule has 7 heteroatoms. The molecule has 134 valence electrons. The zero-order valence-electron chi connectivity index (χ0n) is 14.5. The number of nitrogens with zero attached hydrogens (tertiary/aromatic N) is 4. The highest BCUT2D eigenvalue weighted by molar-refractivity contribution is 6.30. The molecule has 1 atom stereocenters. The summed E-state index contributed by atoms with van der Waals surface area (Å²) in [5.41, 5.74) is 2.45. The van der Waals surface area contributed by atoms with E-state index in [4.69, 9.17) is 16.0 Å². The van der Waals surface area contributed by atoms with Gasteiger partial charge in [-0.25, -0.2) is 4.98 Å². The Morgan fingerprint density at radius 3 is 2.44 bits per heavy atom. The van der Waals surface area contributed by atoms with Crippen molar-refractivity contribution in [2.24, 2.45) is 0 Å². The number of hydrogen-bond donors (Lipinski definition) is 1. The molecule has 0 aliphatic carbocycles. The number of halogens is 1.